The van der Waals surface area contributed by atoms with E-state index in [-0.39, 0.29) is 17.7 Å². The van der Waals surface area contributed by atoms with Crippen molar-refractivity contribution in [3.8, 4) is 11.3 Å². The zero-order valence-corrected chi connectivity index (χ0v) is 20.8. The summed E-state index contributed by atoms with van der Waals surface area (Å²) in [5, 5.41) is 3.40. The fraction of sp³-hybridized carbons (Fsp3) is 0.400. The van der Waals surface area contributed by atoms with Crippen LogP contribution >= 0.6 is 11.6 Å². The Labute approximate surface area is 209 Å². The molecule has 0 saturated carbocycles. The third-order valence-corrected chi connectivity index (χ3v) is 5.98. The van der Waals surface area contributed by atoms with Crippen molar-refractivity contribution in [2.45, 2.75) is 51.1 Å². The van der Waals surface area contributed by atoms with E-state index in [0.717, 1.165) is 24.0 Å². The number of piperidine rings is 1. The molecule has 0 bridgehead atoms. The quantitative estimate of drug-likeness (QED) is 0.503. The van der Waals surface area contributed by atoms with Crippen molar-refractivity contribution >= 4 is 40.5 Å². The van der Waals surface area contributed by atoms with Gasteiger partial charge in [-0.3, -0.25) is 4.79 Å². The highest BCUT2D eigenvalue weighted by molar-refractivity contribution is 6.17. The minimum atomic E-state index is -0.602. The van der Waals surface area contributed by atoms with Crippen molar-refractivity contribution in [3.63, 3.8) is 0 Å². The van der Waals surface area contributed by atoms with Gasteiger partial charge in [0.25, 0.3) is 5.91 Å². The van der Waals surface area contributed by atoms with Gasteiger partial charge in [0.2, 0.25) is 0 Å². The fourth-order valence-electron chi connectivity index (χ4n) is 4.03. The summed E-state index contributed by atoms with van der Waals surface area (Å²) in [6.07, 6.45) is 2.70. The van der Waals surface area contributed by atoms with Crippen molar-refractivity contribution in [3.05, 3.63) is 47.8 Å². The zero-order valence-electron chi connectivity index (χ0n) is 20.0. The number of nitrogens with one attached hydrogen (secondary N) is 1. The molecule has 1 saturated heterocycles. The average molecular weight is 497 g/mol. The molecule has 3 aromatic rings. The lowest BCUT2D eigenvalue weighted by Gasteiger charge is -2.34. The van der Waals surface area contributed by atoms with E-state index < -0.39 is 11.5 Å². The number of hydrogen-bond donors (Lipinski definition) is 2. The molecular weight excluding hydrogens is 468 g/mol. The van der Waals surface area contributed by atoms with Crippen LogP contribution in [0.15, 0.2) is 36.7 Å². The lowest BCUT2D eigenvalue weighted by Crippen LogP contribution is -2.47. The number of hydrogen-bond acceptors (Lipinski definition) is 7. The van der Waals surface area contributed by atoms with Crippen LogP contribution in [-0.4, -0.2) is 56.6 Å². The van der Waals surface area contributed by atoms with Crippen LogP contribution in [0.4, 0.5) is 10.6 Å². The van der Waals surface area contributed by atoms with E-state index in [0.29, 0.717) is 41.5 Å². The number of likely N-dealkylation sites (tertiary alicyclic amines) is 1. The van der Waals surface area contributed by atoms with Crippen molar-refractivity contribution in [1.29, 1.82) is 0 Å². The molecule has 1 fully saturated rings. The summed E-state index contributed by atoms with van der Waals surface area (Å²) >= 11 is 5.91. The summed E-state index contributed by atoms with van der Waals surface area (Å²) in [5.74, 6) is 0.281. The molecule has 1 aromatic carbocycles. The number of benzene rings is 1. The summed E-state index contributed by atoms with van der Waals surface area (Å²) in [6, 6.07) is 9.18. The Bertz CT molecular complexity index is 1240. The summed E-state index contributed by atoms with van der Waals surface area (Å²) in [6.45, 7) is 6.63. The monoisotopic (exact) mass is 496 g/mol. The molecule has 0 spiro atoms. The van der Waals surface area contributed by atoms with Crippen LogP contribution < -0.4 is 11.1 Å². The number of carbonyl (C=O) groups is 2. The van der Waals surface area contributed by atoms with E-state index >= 15 is 0 Å². The number of fused-ring (bicyclic) bond motifs is 1. The molecule has 2 aromatic heterocycles. The first-order valence-corrected chi connectivity index (χ1v) is 12.0. The maximum atomic E-state index is 12.6. The molecule has 0 aliphatic carbocycles. The summed E-state index contributed by atoms with van der Waals surface area (Å²) in [5.41, 5.74) is 8.56. The first-order chi connectivity index (χ1) is 16.6. The van der Waals surface area contributed by atoms with Gasteiger partial charge in [0.05, 0.1) is 11.3 Å². The Balaban J connectivity index is 1.66. The largest absolute Gasteiger partial charge is 0.444 e. The second kappa shape index (κ2) is 10.0. The first-order valence-electron chi connectivity index (χ1n) is 11.5. The van der Waals surface area contributed by atoms with Gasteiger partial charge >= 0.3 is 6.09 Å². The number of carbonyl (C=O) groups excluding carboxylic acids is 2. The number of primary amides is 1. The van der Waals surface area contributed by atoms with Crippen molar-refractivity contribution in [2.24, 2.45) is 5.73 Å². The van der Waals surface area contributed by atoms with E-state index in [4.69, 9.17) is 27.1 Å². The van der Waals surface area contributed by atoms with Crippen LogP contribution in [0.2, 0.25) is 0 Å². The molecular formula is C25H29ClN6O3. The first kappa shape index (κ1) is 24.7. The fourth-order valence-corrected chi connectivity index (χ4v) is 4.20. The predicted octanol–water partition coefficient (Wildman–Crippen LogP) is 4.34. The minimum absolute atomic E-state index is 0.0696. The lowest BCUT2D eigenvalue weighted by molar-refractivity contribution is 0.0206. The van der Waals surface area contributed by atoms with Crippen LogP contribution in [-0.2, 0) is 10.6 Å². The Morgan fingerprint density at radius 2 is 1.94 bits per heavy atom. The second-order valence-electron chi connectivity index (χ2n) is 9.58. The van der Waals surface area contributed by atoms with Crippen LogP contribution in [0, 0.1) is 0 Å². The van der Waals surface area contributed by atoms with Crippen molar-refractivity contribution in [1.82, 2.24) is 19.9 Å². The highest BCUT2D eigenvalue weighted by Gasteiger charge is 2.28. The molecule has 0 radical (unpaired) electrons. The van der Waals surface area contributed by atoms with E-state index in [1.165, 1.54) is 6.33 Å². The predicted molar refractivity (Wildman–Crippen MR) is 135 cm³/mol. The molecule has 184 valence electrons. The second-order valence-corrected chi connectivity index (χ2v) is 9.85. The Kier molecular flexibility index (Phi) is 7.07. The number of rotatable bonds is 5. The van der Waals surface area contributed by atoms with E-state index in [2.05, 4.69) is 15.3 Å². The summed E-state index contributed by atoms with van der Waals surface area (Å²) < 4.78 is 5.53. The van der Waals surface area contributed by atoms with Gasteiger partial charge in [-0.05, 0) is 45.2 Å². The Morgan fingerprint density at radius 3 is 2.60 bits per heavy atom. The Hall–Kier alpha value is -3.46. The number of aromatic nitrogens is 3. The molecule has 10 heteroatoms. The average Bonchev–Trinajstić information content (AvgIpc) is 2.83. The van der Waals surface area contributed by atoms with Gasteiger partial charge in [-0.1, -0.05) is 24.3 Å². The minimum Gasteiger partial charge on any atom is -0.444 e. The van der Waals surface area contributed by atoms with Gasteiger partial charge in [-0.2, -0.15) is 0 Å². The maximum absolute atomic E-state index is 12.6. The number of alkyl halides is 1. The molecule has 1 atom stereocenters. The van der Waals surface area contributed by atoms with E-state index in [1.807, 2.05) is 45.0 Å². The highest BCUT2D eigenvalue weighted by Crippen LogP contribution is 2.28. The molecule has 35 heavy (non-hydrogen) atoms. The van der Waals surface area contributed by atoms with Crippen LogP contribution in [0.1, 0.15) is 49.5 Å². The summed E-state index contributed by atoms with van der Waals surface area (Å²) in [7, 11) is 0. The van der Waals surface area contributed by atoms with Gasteiger partial charge in [-0.15, -0.1) is 11.6 Å². The van der Waals surface area contributed by atoms with Crippen molar-refractivity contribution in [2.75, 3.05) is 18.4 Å². The zero-order chi connectivity index (χ0) is 25.2. The van der Waals surface area contributed by atoms with E-state index in [9.17, 15) is 9.59 Å². The summed E-state index contributed by atoms with van der Waals surface area (Å²) in [4.78, 5) is 40.0. The molecule has 1 aliphatic heterocycles. The lowest BCUT2D eigenvalue weighted by atomic mass is 10.0. The standard InChI is InChI=1S/C25H29ClN6O3/c1-25(2,3)35-24(34)32-10-4-5-17(13-32)30-23-21-20(28-14-29-23)18(22(27)33)11-19(31-21)16-8-6-15(12-26)7-9-16/h6-9,11,14,17H,4-5,10,12-13H2,1-3H3,(H2,27,33)(H,28,29,30)/t17-/m0/s1. The molecule has 9 nitrogen and oxygen atoms in total. The number of nitrogens with two attached hydrogens (primary N) is 1. The number of anilines is 1. The van der Waals surface area contributed by atoms with Gasteiger partial charge in [0, 0.05) is 30.6 Å². The van der Waals surface area contributed by atoms with Gasteiger partial charge in [0.15, 0.2) is 5.82 Å². The van der Waals surface area contributed by atoms with Crippen LogP contribution in [0.25, 0.3) is 22.3 Å². The Morgan fingerprint density at radius 1 is 1.20 bits per heavy atom. The van der Waals surface area contributed by atoms with Crippen molar-refractivity contribution < 1.29 is 14.3 Å². The maximum Gasteiger partial charge on any atom is 0.410 e. The topological polar surface area (TPSA) is 123 Å². The molecule has 3 N–H and O–H groups in total. The number of nitrogens with zero attached hydrogens (tertiary/aromatic N) is 4. The number of amides is 2. The molecule has 1 aliphatic rings. The molecule has 3 heterocycles. The normalized spacial score (nSPS) is 16.2. The number of pyridine rings is 1. The SMILES string of the molecule is CC(C)(C)OC(=O)N1CCC[C@H](Nc2ncnc3c(C(N)=O)cc(-c4ccc(CCl)cc4)nc23)C1. The molecule has 2 amide bonds. The number of halogens is 1. The third kappa shape index (κ3) is 5.79. The smallest absolute Gasteiger partial charge is 0.410 e. The van der Waals surface area contributed by atoms with Gasteiger partial charge in [-0.25, -0.2) is 19.7 Å². The third-order valence-electron chi connectivity index (χ3n) is 5.67. The van der Waals surface area contributed by atoms with Crippen LogP contribution in [0.5, 0.6) is 0 Å². The van der Waals surface area contributed by atoms with Gasteiger partial charge < -0.3 is 20.7 Å². The van der Waals surface area contributed by atoms with E-state index in [1.54, 1.807) is 11.0 Å². The molecule has 4 rings (SSSR count). The van der Waals surface area contributed by atoms with Gasteiger partial charge in [0.1, 0.15) is 23.0 Å². The highest BCUT2D eigenvalue weighted by atomic mass is 35.5. The van der Waals surface area contributed by atoms with Crippen LogP contribution in [0.3, 0.4) is 0 Å². The number of ether oxygens (including phenoxy) is 1. The molecule has 0 unspecified atom stereocenters.